The Morgan fingerprint density at radius 3 is 2.57 bits per heavy atom. The number of nitrogens with one attached hydrogen (secondary N) is 2. The molecule has 5 aromatic rings. The number of pyridine rings is 1. The van der Waals surface area contributed by atoms with Crippen molar-refractivity contribution >= 4 is 50.1 Å². The molecule has 0 aliphatic carbocycles. The summed E-state index contributed by atoms with van der Waals surface area (Å²) in [5, 5.41) is 13.9. The summed E-state index contributed by atoms with van der Waals surface area (Å²) in [4.78, 5) is 20.7. The fraction of sp³-hybridized carbons (Fsp3) is 0.0741. The summed E-state index contributed by atoms with van der Waals surface area (Å²) < 4.78 is 7.12. The molecule has 0 spiro atoms. The minimum absolute atomic E-state index is 0.340. The van der Waals surface area contributed by atoms with Crippen LogP contribution in [0, 0.1) is 0 Å². The van der Waals surface area contributed by atoms with E-state index in [1.807, 2.05) is 72.9 Å². The molecule has 2 aromatic heterocycles. The second kappa shape index (κ2) is 10.3. The van der Waals surface area contributed by atoms with Crippen LogP contribution in [-0.2, 0) is 0 Å². The number of ether oxygens (including phenoxy) is 1. The van der Waals surface area contributed by atoms with Crippen LogP contribution in [0.25, 0.3) is 27.2 Å². The Bertz CT molecular complexity index is 1480. The number of carbonyl (C=O) groups excluding carboxylic acids is 1. The van der Waals surface area contributed by atoms with E-state index in [1.54, 1.807) is 17.6 Å². The Kier molecular flexibility index (Phi) is 6.65. The predicted octanol–water partition coefficient (Wildman–Crippen LogP) is 5.54. The van der Waals surface area contributed by atoms with Crippen molar-refractivity contribution in [2.75, 3.05) is 18.5 Å². The zero-order chi connectivity index (χ0) is 24.0. The number of hydrogen-bond donors (Lipinski definition) is 3. The van der Waals surface area contributed by atoms with Gasteiger partial charge < -0.3 is 10.1 Å². The van der Waals surface area contributed by atoms with Gasteiger partial charge in [-0.15, -0.1) is 0 Å². The number of carbonyl (C=O) groups is 1. The van der Waals surface area contributed by atoms with E-state index in [4.69, 9.17) is 9.94 Å². The van der Waals surface area contributed by atoms with E-state index < -0.39 is 5.91 Å². The normalized spacial score (nSPS) is 11.5. The number of thiazole rings is 1. The summed E-state index contributed by atoms with van der Waals surface area (Å²) in [6.07, 6.45) is 3.83. The van der Waals surface area contributed by atoms with E-state index in [1.165, 1.54) is 11.3 Å². The van der Waals surface area contributed by atoms with Crippen molar-refractivity contribution in [1.82, 2.24) is 15.4 Å². The van der Waals surface area contributed by atoms with Crippen LogP contribution < -0.4 is 15.5 Å². The van der Waals surface area contributed by atoms with Crippen LogP contribution in [0.15, 0.2) is 90.6 Å². The maximum absolute atomic E-state index is 11.6. The highest BCUT2D eigenvalue weighted by Gasteiger charge is 2.08. The molecule has 8 heteroatoms. The Labute approximate surface area is 205 Å². The molecule has 3 aromatic carbocycles. The summed E-state index contributed by atoms with van der Waals surface area (Å²) in [5.41, 5.74) is 6.67. The van der Waals surface area contributed by atoms with Gasteiger partial charge in [-0.25, -0.2) is 10.5 Å². The average molecular weight is 483 g/mol. The van der Waals surface area contributed by atoms with Gasteiger partial charge in [0, 0.05) is 17.5 Å². The van der Waals surface area contributed by atoms with Crippen LogP contribution in [-0.4, -0.2) is 34.2 Å². The fourth-order valence-electron chi connectivity index (χ4n) is 3.63. The summed E-state index contributed by atoms with van der Waals surface area (Å²) in [6.45, 7) is 0.872. The molecule has 0 bridgehead atoms. The molecule has 3 N–H and O–H groups in total. The van der Waals surface area contributed by atoms with Crippen molar-refractivity contribution in [3.8, 4) is 5.19 Å². The van der Waals surface area contributed by atoms with Crippen LogP contribution in [0.1, 0.15) is 15.9 Å². The summed E-state index contributed by atoms with van der Waals surface area (Å²) >= 11 is 1.51. The summed E-state index contributed by atoms with van der Waals surface area (Å²) in [5.74, 6) is -0.551. The van der Waals surface area contributed by atoms with Gasteiger partial charge in [0.25, 0.3) is 11.1 Å². The van der Waals surface area contributed by atoms with Gasteiger partial charge in [0.05, 0.1) is 27.6 Å². The lowest BCUT2D eigenvalue weighted by atomic mass is 10.1. The van der Waals surface area contributed by atoms with Crippen LogP contribution in [0.4, 0.5) is 5.69 Å². The molecule has 2 heterocycles. The lowest BCUT2D eigenvalue weighted by Crippen LogP contribution is -2.18. The third-order valence-corrected chi connectivity index (χ3v) is 6.36. The summed E-state index contributed by atoms with van der Waals surface area (Å²) in [7, 11) is 0. The van der Waals surface area contributed by atoms with E-state index in [0.29, 0.717) is 23.9 Å². The monoisotopic (exact) mass is 482 g/mol. The molecule has 0 radical (unpaired) electrons. The van der Waals surface area contributed by atoms with Crippen molar-refractivity contribution in [1.29, 1.82) is 0 Å². The molecule has 0 fully saturated rings. The molecule has 0 aliphatic rings. The molecular formula is C27H22N4O3S. The number of benzene rings is 3. The van der Waals surface area contributed by atoms with E-state index in [9.17, 15) is 4.79 Å². The highest BCUT2D eigenvalue weighted by Crippen LogP contribution is 2.27. The predicted molar refractivity (Wildman–Crippen MR) is 139 cm³/mol. The maximum atomic E-state index is 11.6. The number of amides is 1. The molecule has 0 saturated carbocycles. The lowest BCUT2D eigenvalue weighted by Gasteiger charge is -2.12. The highest BCUT2D eigenvalue weighted by atomic mass is 32.1. The van der Waals surface area contributed by atoms with Gasteiger partial charge in [0.15, 0.2) is 0 Å². The van der Waals surface area contributed by atoms with E-state index in [0.717, 1.165) is 37.9 Å². The quantitative estimate of drug-likeness (QED) is 0.199. The summed E-state index contributed by atoms with van der Waals surface area (Å²) in [6, 6.07) is 24.9. The number of nitrogens with zero attached hydrogens (tertiary/aromatic N) is 2. The highest BCUT2D eigenvalue weighted by molar-refractivity contribution is 7.20. The number of aromatic nitrogens is 2. The number of hydroxylamine groups is 1. The standard InChI is InChI=1S/C27H22N4O3S/c32-26(31-33)20-11-9-18(10-12-20)13-19(17-34-27-30-24-7-3-4-8-25(24)35-27)15-28-22-14-21-5-1-2-6-23(21)29-16-22/h1-14,16,28,33H,15,17H2,(H,31,32)/b19-13+. The molecule has 1 amide bonds. The van der Waals surface area contributed by atoms with E-state index >= 15 is 0 Å². The molecule has 35 heavy (non-hydrogen) atoms. The van der Waals surface area contributed by atoms with Crippen molar-refractivity contribution in [3.05, 3.63) is 102 Å². The average Bonchev–Trinajstić information content (AvgIpc) is 3.33. The first-order valence-electron chi connectivity index (χ1n) is 11.0. The van der Waals surface area contributed by atoms with Crippen LogP contribution in [0.2, 0.25) is 0 Å². The van der Waals surface area contributed by atoms with Crippen molar-refractivity contribution < 1.29 is 14.7 Å². The van der Waals surface area contributed by atoms with Gasteiger partial charge in [-0.1, -0.05) is 59.9 Å². The second-order valence-electron chi connectivity index (χ2n) is 7.87. The molecular weight excluding hydrogens is 460 g/mol. The van der Waals surface area contributed by atoms with Crippen LogP contribution in [0.5, 0.6) is 5.19 Å². The number of hydrogen-bond acceptors (Lipinski definition) is 7. The van der Waals surface area contributed by atoms with Gasteiger partial charge in [-0.05, 0) is 47.5 Å². The Morgan fingerprint density at radius 1 is 1.00 bits per heavy atom. The molecule has 0 unspecified atom stereocenters. The number of rotatable bonds is 8. The van der Waals surface area contributed by atoms with Gasteiger partial charge in [0.1, 0.15) is 6.61 Å². The van der Waals surface area contributed by atoms with Crippen molar-refractivity contribution in [2.45, 2.75) is 0 Å². The molecule has 174 valence electrons. The van der Waals surface area contributed by atoms with Crippen molar-refractivity contribution in [2.24, 2.45) is 0 Å². The molecule has 0 atom stereocenters. The number of fused-ring (bicyclic) bond motifs is 2. The zero-order valence-electron chi connectivity index (χ0n) is 18.6. The third kappa shape index (κ3) is 5.46. The lowest BCUT2D eigenvalue weighted by molar-refractivity contribution is 0.0706. The SMILES string of the molecule is O=C(NO)c1ccc(/C=C(\CNc2cnc3ccccc3c2)COc2nc3ccccc3s2)cc1. The van der Waals surface area contributed by atoms with Gasteiger partial charge in [0.2, 0.25) is 0 Å². The van der Waals surface area contributed by atoms with Gasteiger partial charge >= 0.3 is 0 Å². The fourth-order valence-corrected chi connectivity index (χ4v) is 4.44. The third-order valence-electron chi connectivity index (χ3n) is 5.41. The van der Waals surface area contributed by atoms with Crippen molar-refractivity contribution in [3.63, 3.8) is 0 Å². The molecule has 7 nitrogen and oxygen atoms in total. The maximum Gasteiger partial charge on any atom is 0.274 e. The minimum Gasteiger partial charge on any atom is -0.465 e. The largest absolute Gasteiger partial charge is 0.465 e. The first kappa shape index (κ1) is 22.5. The second-order valence-corrected chi connectivity index (χ2v) is 8.87. The van der Waals surface area contributed by atoms with E-state index in [-0.39, 0.29) is 0 Å². The molecule has 5 rings (SSSR count). The molecule has 0 aliphatic heterocycles. The zero-order valence-corrected chi connectivity index (χ0v) is 19.5. The Balaban J connectivity index is 1.35. The first-order valence-corrected chi connectivity index (χ1v) is 11.8. The Morgan fingerprint density at radius 2 is 1.77 bits per heavy atom. The smallest absolute Gasteiger partial charge is 0.274 e. The first-order chi connectivity index (χ1) is 17.2. The van der Waals surface area contributed by atoms with Crippen LogP contribution in [0.3, 0.4) is 0 Å². The van der Waals surface area contributed by atoms with E-state index in [2.05, 4.69) is 21.4 Å². The molecule has 0 saturated heterocycles. The van der Waals surface area contributed by atoms with Gasteiger partial charge in [-0.2, -0.15) is 0 Å². The Hall–Kier alpha value is -4.27. The minimum atomic E-state index is -0.551. The number of anilines is 1. The van der Waals surface area contributed by atoms with Gasteiger partial charge in [-0.3, -0.25) is 15.0 Å². The topological polar surface area (TPSA) is 96.4 Å². The van der Waals surface area contributed by atoms with Crippen LogP contribution >= 0.6 is 11.3 Å². The number of para-hydroxylation sites is 2.